The largest absolute Gasteiger partial charge is 0.368 e. The number of likely N-dealkylation sites (N-methyl/N-ethyl adjacent to an activating group) is 1. The van der Waals surface area contributed by atoms with E-state index in [0.717, 1.165) is 31.7 Å². The first-order chi connectivity index (χ1) is 8.98. The highest BCUT2D eigenvalue weighted by atomic mass is 16.1. The predicted molar refractivity (Wildman–Crippen MR) is 77.8 cm³/mol. The van der Waals surface area contributed by atoms with Gasteiger partial charge in [0.15, 0.2) is 0 Å². The van der Waals surface area contributed by atoms with E-state index in [1.54, 1.807) is 0 Å². The van der Waals surface area contributed by atoms with Gasteiger partial charge in [0, 0.05) is 18.6 Å². The van der Waals surface area contributed by atoms with Crippen LogP contribution in [0.5, 0.6) is 0 Å². The maximum absolute atomic E-state index is 11.8. The van der Waals surface area contributed by atoms with Gasteiger partial charge < -0.3 is 11.1 Å². The second-order valence-corrected chi connectivity index (χ2v) is 6.60. The summed E-state index contributed by atoms with van der Waals surface area (Å²) < 4.78 is 0. The summed E-state index contributed by atoms with van der Waals surface area (Å²) in [5, 5.41) is 3.35. The lowest BCUT2D eigenvalue weighted by molar-refractivity contribution is -0.124. The van der Waals surface area contributed by atoms with Crippen LogP contribution in [-0.4, -0.2) is 41.5 Å². The smallest absolute Gasteiger partial charge is 0.237 e. The molecule has 0 aromatic carbocycles. The van der Waals surface area contributed by atoms with Crippen LogP contribution < -0.4 is 11.1 Å². The number of amides is 1. The van der Waals surface area contributed by atoms with E-state index >= 15 is 0 Å². The lowest BCUT2D eigenvalue weighted by atomic mass is 9.91. The first-order valence-electron chi connectivity index (χ1n) is 7.79. The third-order valence-electron chi connectivity index (χ3n) is 5.11. The summed E-state index contributed by atoms with van der Waals surface area (Å²) in [6, 6.07) is 1.16. The first-order valence-corrected chi connectivity index (χ1v) is 7.79. The number of hydrogen-bond donors (Lipinski definition) is 2. The third kappa shape index (κ3) is 2.95. The van der Waals surface area contributed by atoms with Crippen LogP contribution >= 0.6 is 0 Å². The van der Waals surface area contributed by atoms with Gasteiger partial charge in [0.1, 0.15) is 0 Å². The average molecular weight is 267 g/mol. The van der Waals surface area contributed by atoms with E-state index in [4.69, 9.17) is 5.73 Å². The predicted octanol–water partition coefficient (Wildman–Crippen LogP) is 1.49. The summed E-state index contributed by atoms with van der Waals surface area (Å²) in [5.41, 5.74) is 5.19. The Labute approximate surface area is 117 Å². The lowest BCUT2D eigenvalue weighted by Gasteiger charge is -2.41. The molecular formula is C15H29N3O. The van der Waals surface area contributed by atoms with E-state index in [-0.39, 0.29) is 5.91 Å². The molecule has 3 N–H and O–H groups in total. The van der Waals surface area contributed by atoms with Crippen molar-refractivity contribution < 1.29 is 4.79 Å². The highest BCUT2D eigenvalue weighted by Crippen LogP contribution is 2.36. The van der Waals surface area contributed by atoms with Crippen LogP contribution in [0.1, 0.15) is 52.9 Å². The summed E-state index contributed by atoms with van der Waals surface area (Å²) in [5.74, 6) is 0.605. The molecule has 1 aliphatic heterocycles. The lowest BCUT2D eigenvalue weighted by Crippen LogP contribution is -2.55. The molecule has 1 saturated heterocycles. The van der Waals surface area contributed by atoms with Gasteiger partial charge in [0.05, 0.1) is 5.54 Å². The summed E-state index contributed by atoms with van der Waals surface area (Å²) in [7, 11) is 0. The number of piperidine rings is 1. The molecule has 19 heavy (non-hydrogen) atoms. The molecule has 0 aromatic heterocycles. The van der Waals surface area contributed by atoms with Crippen molar-refractivity contribution in [2.75, 3.05) is 13.1 Å². The number of primary amides is 1. The minimum absolute atomic E-state index is 0.172. The second kappa shape index (κ2) is 5.80. The van der Waals surface area contributed by atoms with Crippen LogP contribution in [0.2, 0.25) is 0 Å². The minimum Gasteiger partial charge on any atom is -0.368 e. The highest BCUT2D eigenvalue weighted by molar-refractivity contribution is 5.85. The molecule has 2 fully saturated rings. The number of rotatable bonds is 4. The van der Waals surface area contributed by atoms with Crippen molar-refractivity contribution >= 4 is 5.91 Å². The van der Waals surface area contributed by atoms with Crippen molar-refractivity contribution in [3.8, 4) is 0 Å². The summed E-state index contributed by atoms with van der Waals surface area (Å²) >= 11 is 0. The average Bonchev–Trinajstić information content (AvgIpc) is 2.78. The summed E-state index contributed by atoms with van der Waals surface area (Å²) in [6.45, 7) is 8.68. The van der Waals surface area contributed by atoms with Gasteiger partial charge in [-0.3, -0.25) is 9.69 Å². The molecule has 4 atom stereocenters. The molecular weight excluding hydrogens is 238 g/mol. The van der Waals surface area contributed by atoms with Crippen LogP contribution in [0.15, 0.2) is 0 Å². The number of nitrogens with zero attached hydrogens (tertiary/aromatic N) is 1. The standard InChI is InChI=1S/C15H29N3O/c1-4-17-15(14(16)19)8-7-13(9-15)18-10-11(2)5-6-12(18)3/h11-13,17H,4-10H2,1-3H3,(H2,16,19). The Morgan fingerprint density at radius 3 is 2.74 bits per heavy atom. The van der Waals surface area contributed by atoms with Gasteiger partial charge in [0.25, 0.3) is 0 Å². The third-order valence-corrected chi connectivity index (χ3v) is 5.11. The van der Waals surface area contributed by atoms with Crippen molar-refractivity contribution in [2.24, 2.45) is 11.7 Å². The van der Waals surface area contributed by atoms with Crippen LogP contribution in [0, 0.1) is 5.92 Å². The molecule has 1 heterocycles. The molecule has 0 radical (unpaired) electrons. The van der Waals surface area contributed by atoms with Crippen LogP contribution in [-0.2, 0) is 4.79 Å². The zero-order chi connectivity index (χ0) is 14.0. The van der Waals surface area contributed by atoms with E-state index < -0.39 is 5.54 Å². The SMILES string of the molecule is CCNC1(C(N)=O)CCC(N2CC(C)CCC2C)C1. The Morgan fingerprint density at radius 2 is 2.11 bits per heavy atom. The molecule has 4 nitrogen and oxygen atoms in total. The fraction of sp³-hybridized carbons (Fsp3) is 0.933. The molecule has 2 rings (SSSR count). The molecule has 0 bridgehead atoms. The van der Waals surface area contributed by atoms with Gasteiger partial charge in [0.2, 0.25) is 5.91 Å². The number of nitrogens with one attached hydrogen (secondary N) is 1. The number of hydrogen-bond acceptors (Lipinski definition) is 3. The Balaban J connectivity index is 2.05. The first kappa shape index (κ1) is 14.8. The fourth-order valence-corrected chi connectivity index (χ4v) is 3.94. The van der Waals surface area contributed by atoms with Gasteiger partial charge in [-0.1, -0.05) is 13.8 Å². The maximum atomic E-state index is 11.8. The molecule has 110 valence electrons. The molecule has 0 aromatic rings. The van der Waals surface area contributed by atoms with Crippen LogP contribution in [0.3, 0.4) is 0 Å². The molecule has 4 unspecified atom stereocenters. The Bertz CT molecular complexity index is 333. The monoisotopic (exact) mass is 267 g/mol. The number of carbonyl (C=O) groups is 1. The van der Waals surface area contributed by atoms with Crippen LogP contribution in [0.25, 0.3) is 0 Å². The van der Waals surface area contributed by atoms with Crippen molar-refractivity contribution in [3.05, 3.63) is 0 Å². The van der Waals surface area contributed by atoms with E-state index in [9.17, 15) is 4.79 Å². The number of nitrogens with two attached hydrogens (primary N) is 1. The van der Waals surface area contributed by atoms with Gasteiger partial charge in [-0.2, -0.15) is 0 Å². The Morgan fingerprint density at radius 1 is 1.37 bits per heavy atom. The number of carbonyl (C=O) groups excluding carboxylic acids is 1. The van der Waals surface area contributed by atoms with Crippen molar-refractivity contribution in [1.29, 1.82) is 0 Å². The quantitative estimate of drug-likeness (QED) is 0.811. The summed E-state index contributed by atoms with van der Waals surface area (Å²) in [4.78, 5) is 14.5. The minimum atomic E-state index is -0.459. The molecule has 0 spiro atoms. The van der Waals surface area contributed by atoms with Crippen molar-refractivity contribution in [3.63, 3.8) is 0 Å². The van der Waals surface area contributed by atoms with Gasteiger partial charge in [-0.25, -0.2) is 0 Å². The fourth-order valence-electron chi connectivity index (χ4n) is 3.94. The summed E-state index contributed by atoms with van der Waals surface area (Å²) in [6.07, 6.45) is 5.47. The molecule has 2 aliphatic rings. The molecule has 1 amide bonds. The van der Waals surface area contributed by atoms with Gasteiger partial charge in [-0.15, -0.1) is 0 Å². The normalized spacial score (nSPS) is 40.5. The maximum Gasteiger partial charge on any atom is 0.237 e. The topological polar surface area (TPSA) is 58.4 Å². The Hall–Kier alpha value is -0.610. The van der Waals surface area contributed by atoms with Crippen molar-refractivity contribution in [2.45, 2.75) is 70.5 Å². The van der Waals surface area contributed by atoms with E-state index in [0.29, 0.717) is 12.1 Å². The molecule has 4 heteroatoms. The Kier molecular flexibility index (Phi) is 4.51. The number of likely N-dealkylation sites (tertiary alicyclic amines) is 1. The zero-order valence-electron chi connectivity index (χ0n) is 12.6. The molecule has 1 saturated carbocycles. The highest BCUT2D eigenvalue weighted by Gasteiger charge is 2.46. The van der Waals surface area contributed by atoms with Gasteiger partial charge in [-0.05, 0) is 51.5 Å². The van der Waals surface area contributed by atoms with Crippen LogP contribution in [0.4, 0.5) is 0 Å². The van der Waals surface area contributed by atoms with E-state index in [2.05, 4.69) is 24.1 Å². The van der Waals surface area contributed by atoms with Gasteiger partial charge >= 0.3 is 0 Å². The second-order valence-electron chi connectivity index (χ2n) is 6.60. The van der Waals surface area contributed by atoms with E-state index in [1.165, 1.54) is 19.4 Å². The zero-order valence-corrected chi connectivity index (χ0v) is 12.6. The van der Waals surface area contributed by atoms with Crippen molar-refractivity contribution in [1.82, 2.24) is 10.2 Å². The molecule has 1 aliphatic carbocycles. The van der Waals surface area contributed by atoms with E-state index in [1.807, 2.05) is 6.92 Å².